The highest BCUT2D eigenvalue weighted by Crippen LogP contribution is 2.27. The fourth-order valence-electron chi connectivity index (χ4n) is 3.38. The summed E-state index contributed by atoms with van der Waals surface area (Å²) in [6, 6.07) is 9.91. The van der Waals surface area contributed by atoms with Crippen LogP contribution in [-0.4, -0.2) is 17.7 Å². The Hall–Kier alpha value is -2.82. The molecule has 0 radical (unpaired) electrons. The molecular weight excluding hydrogens is 340 g/mol. The normalized spacial score (nSPS) is 12.2. The zero-order chi connectivity index (χ0) is 19.6. The van der Waals surface area contributed by atoms with E-state index in [0.29, 0.717) is 12.3 Å². The molecule has 5 nitrogen and oxygen atoms in total. The average molecular weight is 366 g/mol. The first-order valence-corrected chi connectivity index (χ1v) is 9.27. The Kier molecular flexibility index (Phi) is 5.49. The van der Waals surface area contributed by atoms with Crippen LogP contribution in [0.15, 0.2) is 34.9 Å². The van der Waals surface area contributed by atoms with Gasteiger partial charge in [-0.2, -0.15) is 0 Å². The average Bonchev–Trinajstić information content (AvgIpc) is 2.99. The van der Waals surface area contributed by atoms with Crippen LogP contribution >= 0.6 is 0 Å². The predicted molar refractivity (Wildman–Crippen MR) is 106 cm³/mol. The van der Waals surface area contributed by atoms with Gasteiger partial charge >= 0.3 is 0 Å². The lowest BCUT2D eigenvalue weighted by molar-refractivity contribution is -0.121. The molecule has 142 valence electrons. The number of ether oxygens (including phenoxy) is 1. The van der Waals surface area contributed by atoms with Crippen molar-refractivity contribution in [2.24, 2.45) is 0 Å². The number of hydrogen-bond acceptors (Lipinski definition) is 4. The van der Waals surface area contributed by atoms with Gasteiger partial charge in [-0.05, 0) is 57.9 Å². The van der Waals surface area contributed by atoms with Gasteiger partial charge < -0.3 is 14.6 Å². The molecule has 1 aromatic heterocycles. The lowest BCUT2D eigenvalue weighted by Crippen LogP contribution is -2.28. The number of rotatable bonds is 6. The van der Waals surface area contributed by atoms with Crippen molar-refractivity contribution in [1.29, 1.82) is 0 Å². The number of hydrogen-bond donors (Lipinski definition) is 1. The number of fused-ring (bicyclic) bond motifs is 1. The van der Waals surface area contributed by atoms with E-state index >= 15 is 0 Å². The summed E-state index contributed by atoms with van der Waals surface area (Å²) in [5.41, 5.74) is 5.66. The van der Waals surface area contributed by atoms with Gasteiger partial charge in [-0.1, -0.05) is 28.9 Å². The number of benzene rings is 2. The molecule has 0 aliphatic heterocycles. The number of aromatic nitrogens is 1. The largest absolute Gasteiger partial charge is 0.494 e. The number of carbonyl (C=O) groups excluding carboxylic acids is 1. The molecule has 0 spiro atoms. The molecule has 5 heteroatoms. The van der Waals surface area contributed by atoms with Crippen LogP contribution in [0.25, 0.3) is 11.0 Å². The van der Waals surface area contributed by atoms with Crippen molar-refractivity contribution in [1.82, 2.24) is 10.5 Å². The molecule has 2 aromatic carbocycles. The second-order valence-corrected chi connectivity index (χ2v) is 7.03. The molecular formula is C22H26N2O3. The molecule has 1 heterocycles. The van der Waals surface area contributed by atoms with Crippen LogP contribution in [0.1, 0.15) is 47.8 Å². The molecule has 0 bridgehead atoms. The van der Waals surface area contributed by atoms with E-state index in [-0.39, 0.29) is 18.4 Å². The standard InChI is InChI=1S/C22H26N2O3/c1-6-26-20-8-7-13(2)10-17(20)16(5)23-21(25)12-19-18-11-14(3)9-15(4)22(18)27-24-19/h7-11,16H,6,12H2,1-5H3,(H,23,25). The van der Waals surface area contributed by atoms with Crippen molar-refractivity contribution >= 4 is 16.9 Å². The summed E-state index contributed by atoms with van der Waals surface area (Å²) in [5.74, 6) is 0.704. The van der Waals surface area contributed by atoms with E-state index in [0.717, 1.165) is 39.0 Å². The number of nitrogens with one attached hydrogen (secondary N) is 1. The van der Waals surface area contributed by atoms with Crippen molar-refractivity contribution in [2.45, 2.75) is 47.1 Å². The summed E-state index contributed by atoms with van der Waals surface area (Å²) < 4.78 is 11.1. The molecule has 3 rings (SSSR count). The maximum atomic E-state index is 12.6. The summed E-state index contributed by atoms with van der Waals surface area (Å²) in [4.78, 5) is 12.6. The second-order valence-electron chi connectivity index (χ2n) is 7.03. The van der Waals surface area contributed by atoms with Crippen molar-refractivity contribution in [2.75, 3.05) is 6.61 Å². The number of amides is 1. The fourth-order valence-corrected chi connectivity index (χ4v) is 3.38. The quantitative estimate of drug-likeness (QED) is 0.694. The third-order valence-corrected chi connectivity index (χ3v) is 4.61. The molecule has 27 heavy (non-hydrogen) atoms. The lowest BCUT2D eigenvalue weighted by Gasteiger charge is -2.18. The molecule has 3 aromatic rings. The first-order chi connectivity index (χ1) is 12.9. The summed E-state index contributed by atoms with van der Waals surface area (Å²) in [6.07, 6.45) is 0.177. The topological polar surface area (TPSA) is 64.4 Å². The maximum Gasteiger partial charge on any atom is 0.226 e. The van der Waals surface area contributed by atoms with Gasteiger partial charge in [0.25, 0.3) is 0 Å². The molecule has 0 saturated heterocycles. The zero-order valence-corrected chi connectivity index (χ0v) is 16.6. The van der Waals surface area contributed by atoms with Crippen LogP contribution in [-0.2, 0) is 11.2 Å². The van der Waals surface area contributed by atoms with Crippen LogP contribution in [0.3, 0.4) is 0 Å². The van der Waals surface area contributed by atoms with E-state index in [9.17, 15) is 4.79 Å². The Morgan fingerprint density at radius 3 is 2.70 bits per heavy atom. The van der Waals surface area contributed by atoms with Gasteiger partial charge in [0.15, 0.2) is 5.58 Å². The maximum absolute atomic E-state index is 12.6. The van der Waals surface area contributed by atoms with Crippen molar-refractivity contribution in [3.63, 3.8) is 0 Å². The first kappa shape index (κ1) is 19.0. The van der Waals surface area contributed by atoms with Gasteiger partial charge in [-0.3, -0.25) is 4.79 Å². The van der Waals surface area contributed by atoms with Gasteiger partial charge in [0, 0.05) is 10.9 Å². The Bertz CT molecular complexity index is 975. The van der Waals surface area contributed by atoms with Gasteiger partial charge in [0.05, 0.1) is 19.1 Å². The molecule has 0 fully saturated rings. The molecule has 1 unspecified atom stereocenters. The third kappa shape index (κ3) is 4.13. The SMILES string of the molecule is CCOc1ccc(C)cc1C(C)NC(=O)Cc1noc2c(C)cc(C)cc12. The fraction of sp³-hybridized carbons (Fsp3) is 0.364. The van der Waals surface area contributed by atoms with Gasteiger partial charge in [0.1, 0.15) is 11.4 Å². The van der Waals surface area contributed by atoms with E-state index in [1.165, 1.54) is 0 Å². The Labute approximate surface area is 159 Å². The summed E-state index contributed by atoms with van der Waals surface area (Å²) in [6.45, 7) is 10.5. The molecule has 1 N–H and O–H groups in total. The van der Waals surface area contributed by atoms with Crippen LogP contribution in [0, 0.1) is 20.8 Å². The highest BCUT2D eigenvalue weighted by Gasteiger charge is 2.18. The van der Waals surface area contributed by atoms with Crippen LogP contribution in [0.4, 0.5) is 0 Å². The molecule has 1 amide bonds. The Balaban J connectivity index is 1.78. The van der Waals surface area contributed by atoms with Crippen LogP contribution < -0.4 is 10.1 Å². The highest BCUT2D eigenvalue weighted by molar-refractivity contribution is 5.88. The minimum Gasteiger partial charge on any atom is -0.494 e. The van der Waals surface area contributed by atoms with Gasteiger partial charge in [0.2, 0.25) is 5.91 Å². The lowest BCUT2D eigenvalue weighted by atomic mass is 10.0. The van der Waals surface area contributed by atoms with E-state index in [1.54, 1.807) is 0 Å². The monoisotopic (exact) mass is 366 g/mol. The molecule has 0 aliphatic carbocycles. The van der Waals surface area contributed by atoms with E-state index in [2.05, 4.69) is 10.5 Å². The number of nitrogens with zero attached hydrogens (tertiary/aromatic N) is 1. The minimum atomic E-state index is -0.166. The van der Waals surface area contributed by atoms with E-state index < -0.39 is 0 Å². The Morgan fingerprint density at radius 2 is 1.96 bits per heavy atom. The number of aryl methyl sites for hydroxylation is 3. The van der Waals surface area contributed by atoms with E-state index in [1.807, 2.05) is 65.0 Å². The Morgan fingerprint density at radius 1 is 1.19 bits per heavy atom. The summed E-state index contributed by atoms with van der Waals surface area (Å²) in [5, 5.41) is 8.08. The summed E-state index contributed by atoms with van der Waals surface area (Å²) >= 11 is 0. The first-order valence-electron chi connectivity index (χ1n) is 9.27. The third-order valence-electron chi connectivity index (χ3n) is 4.61. The van der Waals surface area contributed by atoms with Crippen LogP contribution in [0.2, 0.25) is 0 Å². The predicted octanol–water partition coefficient (Wildman–Crippen LogP) is 4.57. The van der Waals surface area contributed by atoms with E-state index in [4.69, 9.17) is 9.26 Å². The van der Waals surface area contributed by atoms with Crippen molar-refractivity contribution in [3.8, 4) is 5.75 Å². The molecule has 0 saturated carbocycles. The minimum absolute atomic E-state index is 0.0965. The summed E-state index contributed by atoms with van der Waals surface area (Å²) in [7, 11) is 0. The molecule has 0 aliphatic rings. The highest BCUT2D eigenvalue weighted by atomic mass is 16.5. The number of carbonyl (C=O) groups is 1. The van der Waals surface area contributed by atoms with Crippen molar-refractivity contribution < 1.29 is 14.1 Å². The smallest absolute Gasteiger partial charge is 0.226 e. The van der Waals surface area contributed by atoms with Crippen LogP contribution in [0.5, 0.6) is 5.75 Å². The molecule has 1 atom stereocenters. The van der Waals surface area contributed by atoms with Gasteiger partial charge in [-0.15, -0.1) is 0 Å². The second kappa shape index (κ2) is 7.82. The zero-order valence-electron chi connectivity index (χ0n) is 16.6. The van der Waals surface area contributed by atoms with Crippen molar-refractivity contribution in [3.05, 3.63) is 58.3 Å². The van der Waals surface area contributed by atoms with Gasteiger partial charge in [-0.25, -0.2) is 0 Å².